The van der Waals surface area contributed by atoms with Crippen molar-refractivity contribution in [3.8, 4) is 0 Å². The van der Waals surface area contributed by atoms with Gasteiger partial charge in [0.2, 0.25) is 5.91 Å². The normalized spacial score (nSPS) is 19.6. The molecule has 1 spiro atoms. The third-order valence-corrected chi connectivity index (χ3v) is 4.12. The first-order chi connectivity index (χ1) is 9.50. The third-order valence-electron chi connectivity index (χ3n) is 4.12. The Hall–Kier alpha value is -1.34. The van der Waals surface area contributed by atoms with Crippen molar-refractivity contribution in [2.45, 2.75) is 31.2 Å². The number of likely N-dealkylation sites (N-methyl/N-ethyl adjacent to an activating group) is 2. The lowest BCUT2D eigenvalue weighted by Crippen LogP contribution is -2.46. The summed E-state index contributed by atoms with van der Waals surface area (Å²) < 4.78 is 0. The predicted molar refractivity (Wildman–Crippen MR) is 80.3 cm³/mol. The highest BCUT2D eigenvalue weighted by molar-refractivity contribution is 6.09. The van der Waals surface area contributed by atoms with Gasteiger partial charge in [-0.1, -0.05) is 12.8 Å². The summed E-state index contributed by atoms with van der Waals surface area (Å²) in [5.74, 6) is -0.464. The van der Waals surface area contributed by atoms with Crippen molar-refractivity contribution in [3.63, 3.8) is 0 Å². The molecule has 1 heterocycles. The molecule has 7 nitrogen and oxygen atoms in total. The van der Waals surface area contributed by atoms with Crippen LogP contribution in [0.1, 0.15) is 25.7 Å². The molecule has 0 atom stereocenters. The number of rotatable bonds is 5. The average Bonchev–Trinajstić information content (AvgIpc) is 2.97. The van der Waals surface area contributed by atoms with Crippen molar-refractivity contribution in [1.29, 1.82) is 0 Å². The van der Waals surface area contributed by atoms with Gasteiger partial charge in [0.1, 0.15) is 12.1 Å². The molecule has 0 radical (unpaired) electrons. The Morgan fingerprint density at radius 3 is 2.57 bits per heavy atom. The topological polar surface area (TPSA) is 81.8 Å². The molecule has 2 fully saturated rings. The van der Waals surface area contributed by atoms with E-state index in [1.807, 2.05) is 0 Å². The van der Waals surface area contributed by atoms with Crippen LogP contribution in [0.15, 0.2) is 0 Å². The molecule has 1 aliphatic carbocycles. The first kappa shape index (κ1) is 17.7. The van der Waals surface area contributed by atoms with E-state index in [1.165, 1.54) is 4.90 Å². The number of hydrogen-bond acceptors (Lipinski definition) is 4. The van der Waals surface area contributed by atoms with Gasteiger partial charge in [-0.25, -0.2) is 4.79 Å². The van der Waals surface area contributed by atoms with Gasteiger partial charge in [-0.3, -0.25) is 14.5 Å². The molecule has 1 aliphatic heterocycles. The molecule has 120 valence electrons. The van der Waals surface area contributed by atoms with Gasteiger partial charge in [0.05, 0.1) is 0 Å². The minimum Gasteiger partial charge on any atom is -0.343 e. The van der Waals surface area contributed by atoms with Crippen LogP contribution in [0.4, 0.5) is 4.79 Å². The average molecular weight is 319 g/mol. The van der Waals surface area contributed by atoms with Crippen molar-refractivity contribution in [2.24, 2.45) is 0 Å². The Labute approximate surface area is 130 Å². The fraction of sp³-hybridized carbons (Fsp3) is 0.769. The highest BCUT2D eigenvalue weighted by Crippen LogP contribution is 2.34. The highest BCUT2D eigenvalue weighted by Gasteiger charge is 2.52. The van der Waals surface area contributed by atoms with Gasteiger partial charge in [0.15, 0.2) is 0 Å². The molecule has 0 aromatic rings. The molecule has 0 aromatic carbocycles. The molecule has 2 aliphatic rings. The molecule has 0 unspecified atom stereocenters. The molecule has 0 bridgehead atoms. The summed E-state index contributed by atoms with van der Waals surface area (Å²) in [5, 5.41) is 5.72. The van der Waals surface area contributed by atoms with Crippen molar-refractivity contribution < 1.29 is 14.4 Å². The van der Waals surface area contributed by atoms with Crippen LogP contribution in [0.5, 0.6) is 0 Å². The van der Waals surface area contributed by atoms with Gasteiger partial charge in [0, 0.05) is 20.1 Å². The van der Waals surface area contributed by atoms with E-state index in [0.29, 0.717) is 25.9 Å². The van der Waals surface area contributed by atoms with E-state index in [2.05, 4.69) is 10.6 Å². The largest absolute Gasteiger partial charge is 0.343 e. The lowest BCUT2D eigenvalue weighted by molar-refractivity contribution is -0.138. The van der Waals surface area contributed by atoms with Gasteiger partial charge in [-0.2, -0.15) is 0 Å². The number of amides is 4. The summed E-state index contributed by atoms with van der Waals surface area (Å²) in [5.41, 5.74) is -0.735. The number of imide groups is 1. The number of hydrogen-bond donors (Lipinski definition) is 2. The Bertz CT molecular complexity index is 424. The van der Waals surface area contributed by atoms with E-state index in [9.17, 15) is 14.4 Å². The van der Waals surface area contributed by atoms with E-state index in [4.69, 9.17) is 0 Å². The van der Waals surface area contributed by atoms with E-state index in [0.717, 1.165) is 17.7 Å². The first-order valence-corrected chi connectivity index (χ1v) is 7.03. The van der Waals surface area contributed by atoms with Crippen LogP contribution in [0, 0.1) is 0 Å². The van der Waals surface area contributed by atoms with Crippen molar-refractivity contribution >= 4 is 30.3 Å². The maximum Gasteiger partial charge on any atom is 0.325 e. The fourth-order valence-corrected chi connectivity index (χ4v) is 2.80. The Morgan fingerprint density at radius 1 is 1.38 bits per heavy atom. The predicted octanol–water partition coefficient (Wildman–Crippen LogP) is -0.0494. The smallest absolute Gasteiger partial charge is 0.325 e. The molecular weight excluding hydrogens is 296 g/mol. The minimum absolute atomic E-state index is 0. The van der Waals surface area contributed by atoms with Crippen molar-refractivity contribution in [1.82, 2.24) is 20.4 Å². The number of nitrogens with one attached hydrogen (secondary N) is 2. The monoisotopic (exact) mass is 318 g/mol. The summed E-state index contributed by atoms with van der Waals surface area (Å²) in [4.78, 5) is 38.9. The maximum atomic E-state index is 12.4. The fourth-order valence-electron chi connectivity index (χ4n) is 2.80. The van der Waals surface area contributed by atoms with Crippen molar-refractivity contribution in [2.75, 3.05) is 33.7 Å². The lowest BCUT2D eigenvalue weighted by atomic mass is 9.98. The minimum atomic E-state index is -0.735. The Kier molecular flexibility index (Phi) is 5.98. The van der Waals surface area contributed by atoms with Crippen LogP contribution in [-0.4, -0.2) is 66.9 Å². The Balaban J connectivity index is 0.00000220. The van der Waals surface area contributed by atoms with Crippen LogP contribution >= 0.6 is 12.4 Å². The van der Waals surface area contributed by atoms with Crippen LogP contribution in [0.3, 0.4) is 0 Å². The van der Waals surface area contributed by atoms with E-state index in [1.54, 1.807) is 14.1 Å². The zero-order valence-electron chi connectivity index (χ0n) is 12.5. The van der Waals surface area contributed by atoms with Crippen LogP contribution < -0.4 is 10.6 Å². The zero-order valence-corrected chi connectivity index (χ0v) is 13.3. The molecule has 0 aromatic heterocycles. The number of nitrogens with zero attached hydrogens (tertiary/aromatic N) is 2. The van der Waals surface area contributed by atoms with E-state index in [-0.39, 0.29) is 30.8 Å². The second-order valence-electron chi connectivity index (χ2n) is 5.53. The lowest BCUT2D eigenvalue weighted by Gasteiger charge is -2.22. The molecule has 1 saturated heterocycles. The van der Waals surface area contributed by atoms with E-state index < -0.39 is 11.6 Å². The first-order valence-electron chi connectivity index (χ1n) is 7.03. The van der Waals surface area contributed by atoms with Gasteiger partial charge in [-0.15, -0.1) is 12.4 Å². The quantitative estimate of drug-likeness (QED) is 0.696. The highest BCUT2D eigenvalue weighted by atomic mass is 35.5. The summed E-state index contributed by atoms with van der Waals surface area (Å²) in [6.07, 6.45) is 3.24. The molecule has 4 amide bonds. The summed E-state index contributed by atoms with van der Waals surface area (Å²) in [6, 6.07) is -0.438. The van der Waals surface area contributed by atoms with Crippen LogP contribution in [-0.2, 0) is 9.59 Å². The van der Waals surface area contributed by atoms with Crippen molar-refractivity contribution in [3.05, 3.63) is 0 Å². The molecule has 2 N–H and O–H groups in total. The number of carbonyl (C=O) groups is 3. The Morgan fingerprint density at radius 2 is 2.00 bits per heavy atom. The number of carbonyl (C=O) groups excluding carboxylic acids is 3. The van der Waals surface area contributed by atoms with Gasteiger partial charge in [0.25, 0.3) is 5.91 Å². The SMILES string of the molecule is CNCCN(C)C(=O)CN1C(=O)NC2(CCCC2)C1=O.Cl. The summed E-state index contributed by atoms with van der Waals surface area (Å²) in [6.45, 7) is 1.04. The van der Waals surface area contributed by atoms with Gasteiger partial charge >= 0.3 is 6.03 Å². The third kappa shape index (κ3) is 3.47. The molecule has 8 heteroatoms. The molecular formula is C13H23ClN4O3. The summed E-state index contributed by atoms with van der Waals surface area (Å²) >= 11 is 0. The molecule has 2 rings (SSSR count). The standard InChI is InChI=1S/C13H22N4O3.ClH/c1-14-7-8-16(2)10(18)9-17-11(19)13(15-12(17)20)5-3-4-6-13;/h14H,3-9H2,1-2H3,(H,15,20);1H. The summed E-state index contributed by atoms with van der Waals surface area (Å²) in [7, 11) is 3.48. The van der Waals surface area contributed by atoms with Crippen LogP contribution in [0.25, 0.3) is 0 Å². The van der Waals surface area contributed by atoms with Gasteiger partial charge < -0.3 is 15.5 Å². The second kappa shape index (κ2) is 7.09. The molecule has 1 saturated carbocycles. The van der Waals surface area contributed by atoms with Crippen LogP contribution in [0.2, 0.25) is 0 Å². The molecule has 21 heavy (non-hydrogen) atoms. The maximum absolute atomic E-state index is 12.4. The number of halogens is 1. The number of urea groups is 1. The second-order valence-corrected chi connectivity index (χ2v) is 5.53. The van der Waals surface area contributed by atoms with E-state index >= 15 is 0 Å². The zero-order chi connectivity index (χ0) is 14.8. The van der Waals surface area contributed by atoms with Gasteiger partial charge in [-0.05, 0) is 19.9 Å².